The van der Waals surface area contributed by atoms with Crippen molar-refractivity contribution in [3.63, 3.8) is 0 Å². The maximum absolute atomic E-state index is 4.19. The molecule has 1 radical (unpaired) electrons. The molecule has 0 heterocycles. The average molecular weight is 604 g/mol. The van der Waals surface area contributed by atoms with E-state index in [2.05, 4.69) is 62.5 Å². The molecule has 0 saturated heterocycles. The van der Waals surface area contributed by atoms with Gasteiger partial charge < -0.3 is 0 Å². The third kappa shape index (κ3) is 24.0. The summed E-state index contributed by atoms with van der Waals surface area (Å²) in [5.41, 5.74) is 1.59. The molecule has 0 bridgehead atoms. The van der Waals surface area contributed by atoms with Crippen molar-refractivity contribution < 1.29 is 0 Å². The van der Waals surface area contributed by atoms with Gasteiger partial charge in [-0.15, -0.1) is 23.5 Å². The summed E-state index contributed by atoms with van der Waals surface area (Å²) in [6.07, 6.45) is 39.4. The van der Waals surface area contributed by atoms with E-state index in [1.807, 2.05) is 0 Å². The van der Waals surface area contributed by atoms with Crippen LogP contribution in [0.15, 0.2) is 28.0 Å². The molecule has 0 spiro atoms. The fraction of sp³-hybridized carbons (Fsp3) is 0.821. The largest absolute Gasteiger partial charge is 0.126 e. The Labute approximate surface area is 268 Å². The van der Waals surface area contributed by atoms with Gasteiger partial charge in [0.2, 0.25) is 0 Å². The van der Waals surface area contributed by atoms with E-state index in [1.54, 1.807) is 5.56 Å². The minimum absolute atomic E-state index is 1.00. The van der Waals surface area contributed by atoms with Crippen LogP contribution < -0.4 is 0 Å². The number of hydrogen-bond acceptors (Lipinski definition) is 2. The zero-order chi connectivity index (χ0) is 29.5. The van der Waals surface area contributed by atoms with E-state index in [1.165, 1.54) is 188 Å². The summed E-state index contributed by atoms with van der Waals surface area (Å²) in [6, 6.07) is 7.03. The summed E-state index contributed by atoms with van der Waals surface area (Å²) >= 11 is 4.21. The van der Waals surface area contributed by atoms with Gasteiger partial charge in [0, 0.05) is 9.79 Å². The lowest BCUT2D eigenvalue weighted by atomic mass is 10.1. The van der Waals surface area contributed by atoms with Crippen molar-refractivity contribution >= 4 is 23.5 Å². The van der Waals surface area contributed by atoms with Gasteiger partial charge in [0.25, 0.3) is 0 Å². The topological polar surface area (TPSA) is 0 Å². The van der Waals surface area contributed by atoms with E-state index >= 15 is 0 Å². The Hall–Kier alpha value is -0.0800. The molecule has 1 aromatic rings. The van der Waals surface area contributed by atoms with Crippen LogP contribution >= 0.6 is 23.5 Å². The van der Waals surface area contributed by atoms with Crippen molar-refractivity contribution in [1.82, 2.24) is 0 Å². The SMILES string of the molecule is [CH2]CCc1c(SCCCCCCCCCCCCCCC)cccc1SCCCCCCCCCCCCCCC. The highest BCUT2D eigenvalue weighted by Crippen LogP contribution is 2.33. The van der Waals surface area contributed by atoms with Gasteiger partial charge in [0.15, 0.2) is 0 Å². The Morgan fingerprint density at radius 2 is 0.732 bits per heavy atom. The van der Waals surface area contributed by atoms with E-state index in [0.717, 1.165) is 12.8 Å². The van der Waals surface area contributed by atoms with E-state index in [-0.39, 0.29) is 0 Å². The Balaban J connectivity index is 2.08. The van der Waals surface area contributed by atoms with Crippen LogP contribution in [0.1, 0.15) is 193 Å². The molecule has 2 heteroatoms. The highest BCUT2D eigenvalue weighted by atomic mass is 32.2. The molecule has 0 saturated carbocycles. The zero-order valence-corrected chi connectivity index (χ0v) is 29.6. The third-order valence-electron chi connectivity index (χ3n) is 8.53. The number of thioether (sulfide) groups is 2. The fourth-order valence-corrected chi connectivity index (χ4v) is 8.17. The minimum Gasteiger partial charge on any atom is -0.126 e. The lowest BCUT2D eigenvalue weighted by Crippen LogP contribution is -1.94. The summed E-state index contributed by atoms with van der Waals surface area (Å²) in [4.78, 5) is 3.06. The van der Waals surface area contributed by atoms with Crippen LogP contribution in [0.3, 0.4) is 0 Å². The standard InChI is InChI=1S/C39H71S2/c1-4-7-9-11-13-15-17-19-21-23-25-27-29-35-40-38-33-31-34-39(37(38)32-6-3)41-36-30-28-26-24-22-20-18-16-14-12-10-8-5-2/h31,33-34H,3-30,32,35-36H2,1-2H3. The maximum atomic E-state index is 4.19. The second-order valence-electron chi connectivity index (χ2n) is 12.5. The smallest absolute Gasteiger partial charge is 0.0115 e. The molecule has 1 aromatic carbocycles. The van der Waals surface area contributed by atoms with E-state index < -0.39 is 0 Å². The van der Waals surface area contributed by atoms with Gasteiger partial charge in [-0.2, -0.15) is 0 Å². The first-order chi connectivity index (χ1) is 20.3. The number of unbranched alkanes of at least 4 members (excludes halogenated alkanes) is 24. The molecule has 0 aliphatic carbocycles. The molecule has 41 heavy (non-hydrogen) atoms. The van der Waals surface area contributed by atoms with Crippen LogP contribution in [0.2, 0.25) is 0 Å². The molecule has 239 valence electrons. The van der Waals surface area contributed by atoms with Crippen molar-refractivity contribution in [2.24, 2.45) is 0 Å². The molecule has 0 amide bonds. The van der Waals surface area contributed by atoms with Crippen LogP contribution in [0.4, 0.5) is 0 Å². The molecule has 0 unspecified atom stereocenters. The van der Waals surface area contributed by atoms with Crippen LogP contribution in [0.5, 0.6) is 0 Å². The van der Waals surface area contributed by atoms with Crippen molar-refractivity contribution in [2.45, 2.75) is 203 Å². The van der Waals surface area contributed by atoms with Gasteiger partial charge in [0.1, 0.15) is 0 Å². The Bertz CT molecular complexity index is 605. The first kappa shape index (κ1) is 38.9. The molecule has 0 aromatic heterocycles. The first-order valence-electron chi connectivity index (χ1n) is 18.5. The van der Waals surface area contributed by atoms with Crippen LogP contribution in [-0.2, 0) is 6.42 Å². The van der Waals surface area contributed by atoms with E-state index in [0.29, 0.717) is 0 Å². The normalized spacial score (nSPS) is 11.5. The maximum Gasteiger partial charge on any atom is 0.0115 e. The van der Waals surface area contributed by atoms with Crippen LogP contribution in [0.25, 0.3) is 0 Å². The van der Waals surface area contributed by atoms with Crippen molar-refractivity contribution in [3.05, 3.63) is 30.7 Å². The van der Waals surface area contributed by atoms with E-state index in [9.17, 15) is 0 Å². The molecular weight excluding hydrogens is 533 g/mol. The molecule has 0 nitrogen and oxygen atoms in total. The zero-order valence-electron chi connectivity index (χ0n) is 28.0. The molecule has 0 aliphatic rings. The summed E-state index contributed by atoms with van der Waals surface area (Å²) in [7, 11) is 0. The second kappa shape index (κ2) is 31.3. The Morgan fingerprint density at radius 3 is 1.02 bits per heavy atom. The molecule has 1 rings (SSSR count). The van der Waals surface area contributed by atoms with Gasteiger partial charge >= 0.3 is 0 Å². The summed E-state index contributed by atoms with van der Waals surface area (Å²) in [5.74, 6) is 2.55. The van der Waals surface area contributed by atoms with Gasteiger partial charge in [-0.05, 0) is 54.9 Å². The molecular formula is C39H71S2. The van der Waals surface area contributed by atoms with Crippen molar-refractivity contribution in [2.75, 3.05) is 11.5 Å². The van der Waals surface area contributed by atoms with Gasteiger partial charge in [0.05, 0.1) is 0 Å². The molecule has 0 atom stereocenters. The number of rotatable bonds is 32. The van der Waals surface area contributed by atoms with Gasteiger partial charge in [-0.3, -0.25) is 0 Å². The summed E-state index contributed by atoms with van der Waals surface area (Å²) < 4.78 is 0. The third-order valence-corrected chi connectivity index (χ3v) is 10.9. The predicted octanol–water partition coefficient (Wildman–Crippen LogP) is 14.8. The fourth-order valence-electron chi connectivity index (χ4n) is 5.84. The predicted molar refractivity (Wildman–Crippen MR) is 193 cm³/mol. The molecule has 0 N–H and O–H groups in total. The number of hydrogen-bond donors (Lipinski definition) is 0. The molecule has 0 aliphatic heterocycles. The van der Waals surface area contributed by atoms with E-state index in [4.69, 9.17) is 0 Å². The Kier molecular flexibility index (Phi) is 29.8. The lowest BCUT2D eigenvalue weighted by Gasteiger charge is -2.14. The number of benzene rings is 1. The lowest BCUT2D eigenvalue weighted by molar-refractivity contribution is 0.543. The summed E-state index contributed by atoms with van der Waals surface area (Å²) in [5, 5.41) is 0. The first-order valence-corrected chi connectivity index (χ1v) is 20.5. The highest BCUT2D eigenvalue weighted by Gasteiger charge is 2.09. The van der Waals surface area contributed by atoms with Crippen molar-refractivity contribution in [3.8, 4) is 0 Å². The summed E-state index contributed by atoms with van der Waals surface area (Å²) in [6.45, 7) is 8.80. The van der Waals surface area contributed by atoms with Crippen molar-refractivity contribution in [1.29, 1.82) is 0 Å². The second-order valence-corrected chi connectivity index (χ2v) is 14.8. The molecule has 0 fully saturated rings. The van der Waals surface area contributed by atoms with Crippen LogP contribution in [-0.4, -0.2) is 11.5 Å². The van der Waals surface area contributed by atoms with Crippen LogP contribution in [0, 0.1) is 6.92 Å². The van der Waals surface area contributed by atoms with Gasteiger partial charge in [-0.1, -0.05) is 181 Å². The monoisotopic (exact) mass is 603 g/mol. The average Bonchev–Trinajstić information content (AvgIpc) is 2.98. The minimum atomic E-state index is 1.00. The van der Waals surface area contributed by atoms with Gasteiger partial charge in [-0.25, -0.2) is 0 Å². The quantitative estimate of drug-likeness (QED) is 0.0593. The Morgan fingerprint density at radius 1 is 0.439 bits per heavy atom. The highest BCUT2D eigenvalue weighted by molar-refractivity contribution is 8.00.